The third-order valence-electron chi connectivity index (χ3n) is 3.13. The molecular weight excluding hydrogens is 258 g/mol. The maximum atomic E-state index is 6.24. The van der Waals surface area contributed by atoms with Crippen molar-refractivity contribution in [2.75, 3.05) is 19.7 Å². The van der Waals surface area contributed by atoms with Crippen LogP contribution in [0.2, 0.25) is 5.02 Å². The predicted molar refractivity (Wildman–Crippen MR) is 82.9 cm³/mol. The lowest BCUT2D eigenvalue weighted by Gasteiger charge is -2.19. The molecule has 0 fully saturated rings. The van der Waals surface area contributed by atoms with Gasteiger partial charge in [-0.3, -0.25) is 0 Å². The Kier molecular flexibility index (Phi) is 8.11. The van der Waals surface area contributed by atoms with Gasteiger partial charge in [0.05, 0.1) is 6.10 Å². The first-order chi connectivity index (χ1) is 9.13. The molecule has 0 aliphatic rings. The summed E-state index contributed by atoms with van der Waals surface area (Å²) >= 11 is 6.24. The van der Waals surface area contributed by atoms with Crippen molar-refractivity contribution in [1.29, 1.82) is 0 Å². The molecule has 2 nitrogen and oxygen atoms in total. The van der Waals surface area contributed by atoms with Gasteiger partial charge in [0, 0.05) is 11.6 Å². The zero-order chi connectivity index (χ0) is 14.1. The average molecular weight is 284 g/mol. The van der Waals surface area contributed by atoms with E-state index in [1.54, 1.807) is 0 Å². The molecule has 1 aromatic carbocycles. The van der Waals surface area contributed by atoms with Gasteiger partial charge in [0.1, 0.15) is 0 Å². The Labute approximate surface area is 122 Å². The van der Waals surface area contributed by atoms with Crippen LogP contribution in [0.15, 0.2) is 24.3 Å². The third-order valence-corrected chi connectivity index (χ3v) is 3.50. The fourth-order valence-corrected chi connectivity index (χ4v) is 2.28. The van der Waals surface area contributed by atoms with Gasteiger partial charge in [0.25, 0.3) is 0 Å². The molecule has 1 atom stereocenters. The molecule has 1 unspecified atom stereocenters. The van der Waals surface area contributed by atoms with Crippen molar-refractivity contribution >= 4 is 11.6 Å². The van der Waals surface area contributed by atoms with E-state index >= 15 is 0 Å². The molecule has 0 aromatic heterocycles. The first kappa shape index (κ1) is 16.5. The van der Waals surface area contributed by atoms with Crippen molar-refractivity contribution < 1.29 is 4.74 Å². The number of benzene rings is 1. The van der Waals surface area contributed by atoms with E-state index < -0.39 is 0 Å². The summed E-state index contributed by atoms with van der Waals surface area (Å²) in [6, 6.07) is 8.11. The second-order valence-corrected chi connectivity index (χ2v) is 5.58. The summed E-state index contributed by atoms with van der Waals surface area (Å²) in [5.41, 5.74) is 1.23. The van der Waals surface area contributed by atoms with Crippen LogP contribution in [0.1, 0.15) is 32.8 Å². The fourth-order valence-electron chi connectivity index (χ4n) is 2.07. The molecule has 0 aliphatic carbocycles. The van der Waals surface area contributed by atoms with E-state index in [1.165, 1.54) is 5.56 Å². The molecule has 0 saturated carbocycles. The van der Waals surface area contributed by atoms with E-state index in [2.05, 4.69) is 38.2 Å². The van der Waals surface area contributed by atoms with Crippen LogP contribution >= 0.6 is 11.6 Å². The molecule has 19 heavy (non-hydrogen) atoms. The van der Waals surface area contributed by atoms with E-state index in [9.17, 15) is 0 Å². The maximum Gasteiger partial charge on any atom is 0.0518 e. The van der Waals surface area contributed by atoms with Gasteiger partial charge in [-0.05, 0) is 57.3 Å². The molecule has 0 heterocycles. The van der Waals surface area contributed by atoms with Crippen LogP contribution < -0.4 is 5.32 Å². The standard InChI is InChI=1S/C16H26ClNO/c1-4-18-12-14(9-10-19-13(2)3)11-15-7-5-6-8-16(15)17/h5-8,13-14,18H,4,9-12H2,1-3H3. The summed E-state index contributed by atoms with van der Waals surface area (Å²) in [6.45, 7) is 9.13. The minimum Gasteiger partial charge on any atom is -0.379 e. The number of rotatable bonds is 9. The predicted octanol–water partition coefficient (Wildman–Crippen LogP) is 3.92. The number of hydrogen-bond acceptors (Lipinski definition) is 2. The monoisotopic (exact) mass is 283 g/mol. The molecule has 0 aliphatic heterocycles. The summed E-state index contributed by atoms with van der Waals surface area (Å²) in [7, 11) is 0. The Balaban J connectivity index is 2.51. The summed E-state index contributed by atoms with van der Waals surface area (Å²) in [5, 5.41) is 4.30. The third kappa shape index (κ3) is 6.95. The molecule has 3 heteroatoms. The van der Waals surface area contributed by atoms with Crippen LogP contribution in [0, 0.1) is 5.92 Å². The van der Waals surface area contributed by atoms with Gasteiger partial charge >= 0.3 is 0 Å². The van der Waals surface area contributed by atoms with Crippen molar-refractivity contribution in [3.63, 3.8) is 0 Å². The second-order valence-electron chi connectivity index (χ2n) is 5.18. The fraction of sp³-hybridized carbons (Fsp3) is 0.625. The Morgan fingerprint density at radius 1 is 1.26 bits per heavy atom. The van der Waals surface area contributed by atoms with Gasteiger partial charge in [0.2, 0.25) is 0 Å². The van der Waals surface area contributed by atoms with E-state index in [1.807, 2.05) is 12.1 Å². The van der Waals surface area contributed by atoms with Gasteiger partial charge in [0.15, 0.2) is 0 Å². The molecule has 0 radical (unpaired) electrons. The largest absolute Gasteiger partial charge is 0.379 e. The smallest absolute Gasteiger partial charge is 0.0518 e. The molecule has 0 saturated heterocycles. The first-order valence-electron chi connectivity index (χ1n) is 7.19. The van der Waals surface area contributed by atoms with E-state index in [4.69, 9.17) is 16.3 Å². The highest BCUT2D eigenvalue weighted by molar-refractivity contribution is 6.31. The minimum absolute atomic E-state index is 0.306. The highest BCUT2D eigenvalue weighted by Crippen LogP contribution is 2.20. The molecular formula is C16H26ClNO. The highest BCUT2D eigenvalue weighted by Gasteiger charge is 2.11. The van der Waals surface area contributed by atoms with Gasteiger partial charge in [-0.25, -0.2) is 0 Å². The molecule has 108 valence electrons. The Bertz CT molecular complexity index is 354. The van der Waals surface area contributed by atoms with Crippen molar-refractivity contribution in [2.24, 2.45) is 5.92 Å². The molecule has 0 spiro atoms. The summed E-state index contributed by atoms with van der Waals surface area (Å²) in [5.74, 6) is 0.568. The maximum absolute atomic E-state index is 6.24. The number of nitrogens with one attached hydrogen (secondary N) is 1. The van der Waals surface area contributed by atoms with Crippen LogP contribution in [0.3, 0.4) is 0 Å². The molecule has 0 amide bonds. The molecule has 1 rings (SSSR count). The molecule has 1 N–H and O–H groups in total. The van der Waals surface area contributed by atoms with E-state index in [0.29, 0.717) is 12.0 Å². The van der Waals surface area contributed by atoms with Crippen LogP contribution in [0.4, 0.5) is 0 Å². The summed E-state index contributed by atoms with van der Waals surface area (Å²) in [4.78, 5) is 0. The van der Waals surface area contributed by atoms with Gasteiger partial charge < -0.3 is 10.1 Å². The quantitative estimate of drug-likeness (QED) is 0.742. The van der Waals surface area contributed by atoms with Gasteiger partial charge in [-0.2, -0.15) is 0 Å². The number of halogens is 1. The molecule has 0 bridgehead atoms. The molecule has 1 aromatic rings. The highest BCUT2D eigenvalue weighted by atomic mass is 35.5. The minimum atomic E-state index is 0.306. The normalized spacial score (nSPS) is 12.9. The Morgan fingerprint density at radius 3 is 2.63 bits per heavy atom. The number of ether oxygens (including phenoxy) is 1. The zero-order valence-corrected chi connectivity index (χ0v) is 13.0. The SMILES string of the molecule is CCNCC(CCOC(C)C)Cc1ccccc1Cl. The van der Waals surface area contributed by atoms with Crippen molar-refractivity contribution in [1.82, 2.24) is 5.32 Å². The summed E-state index contributed by atoms with van der Waals surface area (Å²) in [6.07, 6.45) is 2.38. The lowest BCUT2D eigenvalue weighted by atomic mass is 9.96. The van der Waals surface area contributed by atoms with Crippen LogP contribution in [0.25, 0.3) is 0 Å². The van der Waals surface area contributed by atoms with Crippen LogP contribution in [-0.4, -0.2) is 25.8 Å². The van der Waals surface area contributed by atoms with E-state index in [-0.39, 0.29) is 0 Å². The Hall–Kier alpha value is -0.570. The lowest BCUT2D eigenvalue weighted by molar-refractivity contribution is 0.0683. The van der Waals surface area contributed by atoms with Crippen molar-refractivity contribution in [3.05, 3.63) is 34.9 Å². The summed E-state index contributed by atoms with van der Waals surface area (Å²) < 4.78 is 5.66. The van der Waals surface area contributed by atoms with Crippen molar-refractivity contribution in [2.45, 2.75) is 39.7 Å². The second kappa shape index (κ2) is 9.35. The number of hydrogen-bond donors (Lipinski definition) is 1. The van der Waals surface area contributed by atoms with Crippen LogP contribution in [0.5, 0.6) is 0 Å². The van der Waals surface area contributed by atoms with Gasteiger partial charge in [-0.15, -0.1) is 0 Å². The van der Waals surface area contributed by atoms with E-state index in [0.717, 1.165) is 37.6 Å². The van der Waals surface area contributed by atoms with Crippen LogP contribution in [-0.2, 0) is 11.2 Å². The first-order valence-corrected chi connectivity index (χ1v) is 7.57. The van der Waals surface area contributed by atoms with Gasteiger partial charge in [-0.1, -0.05) is 36.7 Å². The van der Waals surface area contributed by atoms with Crippen molar-refractivity contribution in [3.8, 4) is 0 Å². The Morgan fingerprint density at radius 2 is 2.00 bits per heavy atom. The zero-order valence-electron chi connectivity index (χ0n) is 12.3. The topological polar surface area (TPSA) is 21.3 Å². The average Bonchev–Trinajstić information content (AvgIpc) is 2.37. The lowest BCUT2D eigenvalue weighted by Crippen LogP contribution is -2.25.